The number of benzene rings is 2. The second-order valence-electron chi connectivity index (χ2n) is 8.58. The second kappa shape index (κ2) is 9.90. The van der Waals surface area contributed by atoms with Crippen molar-refractivity contribution in [2.45, 2.75) is 52.0 Å². The Balaban J connectivity index is 1.40. The van der Waals surface area contributed by atoms with E-state index in [4.69, 9.17) is 4.42 Å². The van der Waals surface area contributed by atoms with Crippen LogP contribution in [0.25, 0.3) is 11.0 Å². The number of anilines is 2. The number of amides is 2. The van der Waals surface area contributed by atoms with E-state index in [9.17, 15) is 9.59 Å². The standard InChI is InChI=1S/C26H31N3O3/c1-3-7-23(26(31)27-20-8-6-9-21(16-20)29-12-4-5-13-29)28-25(30)15-19-17-32-24-14-18(2)10-11-22(19)24/h6,8-11,14,16-17,23H,3-5,7,12-13,15H2,1-2H3,(H,27,31)(H,28,30). The Hall–Kier alpha value is -3.28. The topological polar surface area (TPSA) is 74.6 Å². The Bertz CT molecular complexity index is 1100. The zero-order valence-electron chi connectivity index (χ0n) is 18.8. The summed E-state index contributed by atoms with van der Waals surface area (Å²) in [4.78, 5) is 28.0. The molecule has 1 unspecified atom stereocenters. The van der Waals surface area contributed by atoms with Crippen molar-refractivity contribution in [2.75, 3.05) is 23.3 Å². The van der Waals surface area contributed by atoms with Crippen molar-refractivity contribution in [1.29, 1.82) is 0 Å². The van der Waals surface area contributed by atoms with Gasteiger partial charge >= 0.3 is 0 Å². The maximum atomic E-state index is 13.0. The SMILES string of the molecule is CCCC(NC(=O)Cc1coc2cc(C)ccc12)C(=O)Nc1cccc(N2CCCC2)c1. The van der Waals surface area contributed by atoms with Crippen LogP contribution in [-0.2, 0) is 16.0 Å². The molecule has 2 heterocycles. The van der Waals surface area contributed by atoms with E-state index in [-0.39, 0.29) is 18.2 Å². The molecule has 32 heavy (non-hydrogen) atoms. The van der Waals surface area contributed by atoms with Crippen LogP contribution in [0.15, 0.2) is 53.1 Å². The summed E-state index contributed by atoms with van der Waals surface area (Å²) >= 11 is 0. The summed E-state index contributed by atoms with van der Waals surface area (Å²) in [6, 6.07) is 13.3. The molecule has 1 atom stereocenters. The minimum absolute atomic E-state index is 0.175. The van der Waals surface area contributed by atoms with Gasteiger partial charge in [0, 0.05) is 35.4 Å². The van der Waals surface area contributed by atoms with Gasteiger partial charge in [-0.1, -0.05) is 31.5 Å². The summed E-state index contributed by atoms with van der Waals surface area (Å²) in [6.45, 7) is 6.11. The molecule has 1 aliphatic rings. The van der Waals surface area contributed by atoms with Crippen LogP contribution in [0.1, 0.15) is 43.7 Å². The van der Waals surface area contributed by atoms with Crippen LogP contribution in [0, 0.1) is 6.92 Å². The smallest absolute Gasteiger partial charge is 0.246 e. The molecule has 1 aromatic heterocycles. The lowest BCUT2D eigenvalue weighted by Gasteiger charge is -2.20. The van der Waals surface area contributed by atoms with Crippen molar-refractivity contribution in [2.24, 2.45) is 0 Å². The van der Waals surface area contributed by atoms with Crippen LogP contribution < -0.4 is 15.5 Å². The number of carbonyl (C=O) groups excluding carboxylic acids is 2. The number of fused-ring (bicyclic) bond motifs is 1. The Labute approximate surface area is 189 Å². The maximum absolute atomic E-state index is 13.0. The van der Waals surface area contributed by atoms with Gasteiger partial charge in [-0.05, 0) is 56.0 Å². The highest BCUT2D eigenvalue weighted by Crippen LogP contribution is 2.24. The summed E-state index contributed by atoms with van der Waals surface area (Å²) in [6.07, 6.45) is 5.57. The lowest BCUT2D eigenvalue weighted by Crippen LogP contribution is -2.44. The van der Waals surface area contributed by atoms with Gasteiger partial charge in [-0.3, -0.25) is 9.59 Å². The fourth-order valence-electron chi connectivity index (χ4n) is 4.29. The number of carbonyl (C=O) groups is 2. The van der Waals surface area contributed by atoms with E-state index in [0.717, 1.165) is 53.0 Å². The van der Waals surface area contributed by atoms with Gasteiger partial charge in [-0.25, -0.2) is 0 Å². The molecule has 4 rings (SSSR count). The summed E-state index contributed by atoms with van der Waals surface area (Å²) in [5.41, 5.74) is 4.58. The number of aryl methyl sites for hydroxylation is 1. The van der Waals surface area contributed by atoms with Crippen molar-refractivity contribution >= 4 is 34.2 Å². The monoisotopic (exact) mass is 433 g/mol. The maximum Gasteiger partial charge on any atom is 0.246 e. The number of nitrogens with zero attached hydrogens (tertiary/aromatic N) is 1. The molecule has 1 aliphatic heterocycles. The fourth-order valence-corrected chi connectivity index (χ4v) is 4.29. The summed E-state index contributed by atoms with van der Waals surface area (Å²) in [5, 5.41) is 6.84. The molecular formula is C26H31N3O3. The molecule has 0 bridgehead atoms. The minimum Gasteiger partial charge on any atom is -0.464 e. The van der Waals surface area contributed by atoms with E-state index in [1.807, 2.05) is 50.2 Å². The predicted octanol–water partition coefficient (Wildman–Crippen LogP) is 4.81. The van der Waals surface area contributed by atoms with E-state index in [1.165, 1.54) is 12.8 Å². The van der Waals surface area contributed by atoms with E-state index < -0.39 is 6.04 Å². The average Bonchev–Trinajstić information content (AvgIpc) is 3.44. The molecule has 0 saturated carbocycles. The molecule has 2 aromatic carbocycles. The first-order valence-corrected chi connectivity index (χ1v) is 11.5. The minimum atomic E-state index is -0.580. The number of hydrogen-bond acceptors (Lipinski definition) is 4. The summed E-state index contributed by atoms with van der Waals surface area (Å²) in [7, 11) is 0. The van der Waals surface area contributed by atoms with Crippen LogP contribution in [0.5, 0.6) is 0 Å². The molecule has 1 saturated heterocycles. The van der Waals surface area contributed by atoms with E-state index in [0.29, 0.717) is 6.42 Å². The van der Waals surface area contributed by atoms with Crippen molar-refractivity contribution < 1.29 is 14.0 Å². The molecule has 1 fully saturated rings. The molecule has 6 nitrogen and oxygen atoms in total. The molecule has 2 amide bonds. The molecular weight excluding hydrogens is 402 g/mol. The van der Waals surface area contributed by atoms with E-state index >= 15 is 0 Å². The zero-order valence-corrected chi connectivity index (χ0v) is 18.8. The lowest BCUT2D eigenvalue weighted by atomic mass is 10.1. The van der Waals surface area contributed by atoms with E-state index in [1.54, 1.807) is 6.26 Å². The third-order valence-corrected chi connectivity index (χ3v) is 5.98. The summed E-state index contributed by atoms with van der Waals surface area (Å²) < 4.78 is 5.60. The third-order valence-electron chi connectivity index (χ3n) is 5.98. The second-order valence-corrected chi connectivity index (χ2v) is 8.58. The van der Waals surface area contributed by atoms with E-state index in [2.05, 4.69) is 21.6 Å². The highest BCUT2D eigenvalue weighted by atomic mass is 16.3. The first kappa shape index (κ1) is 21.9. The highest BCUT2D eigenvalue weighted by Gasteiger charge is 2.21. The molecule has 0 aliphatic carbocycles. The Morgan fingerprint density at radius 1 is 1.12 bits per heavy atom. The third kappa shape index (κ3) is 5.13. The Morgan fingerprint density at radius 2 is 1.94 bits per heavy atom. The van der Waals surface area contributed by atoms with Gasteiger partial charge < -0.3 is 20.0 Å². The van der Waals surface area contributed by atoms with Crippen LogP contribution in [-0.4, -0.2) is 30.9 Å². The van der Waals surface area contributed by atoms with Crippen LogP contribution in [0.4, 0.5) is 11.4 Å². The first-order valence-electron chi connectivity index (χ1n) is 11.5. The lowest BCUT2D eigenvalue weighted by molar-refractivity contribution is -0.126. The molecule has 6 heteroatoms. The van der Waals surface area contributed by atoms with Crippen molar-refractivity contribution in [3.05, 3.63) is 59.9 Å². The fraction of sp³-hybridized carbons (Fsp3) is 0.385. The zero-order chi connectivity index (χ0) is 22.5. The molecule has 2 N–H and O–H groups in total. The highest BCUT2D eigenvalue weighted by molar-refractivity contribution is 5.98. The number of rotatable bonds is 8. The number of nitrogens with one attached hydrogen (secondary N) is 2. The molecule has 168 valence electrons. The molecule has 0 spiro atoms. The quantitative estimate of drug-likeness (QED) is 0.535. The van der Waals surface area contributed by atoms with Gasteiger partial charge in [0.2, 0.25) is 11.8 Å². The van der Waals surface area contributed by atoms with Gasteiger partial charge in [0.1, 0.15) is 11.6 Å². The van der Waals surface area contributed by atoms with Crippen LogP contribution >= 0.6 is 0 Å². The number of furan rings is 1. The molecule has 0 radical (unpaired) electrons. The number of hydrogen-bond donors (Lipinski definition) is 2. The predicted molar refractivity (Wildman–Crippen MR) is 128 cm³/mol. The van der Waals surface area contributed by atoms with Gasteiger partial charge in [0.15, 0.2) is 0 Å². The van der Waals surface area contributed by atoms with Gasteiger partial charge in [-0.15, -0.1) is 0 Å². The average molecular weight is 434 g/mol. The molecule has 3 aromatic rings. The Morgan fingerprint density at radius 3 is 2.72 bits per heavy atom. The van der Waals surface area contributed by atoms with Gasteiger partial charge in [0.05, 0.1) is 12.7 Å². The van der Waals surface area contributed by atoms with Crippen LogP contribution in [0.2, 0.25) is 0 Å². The summed E-state index contributed by atoms with van der Waals surface area (Å²) in [5.74, 6) is -0.376. The van der Waals surface area contributed by atoms with Gasteiger partial charge in [-0.2, -0.15) is 0 Å². The normalized spacial score (nSPS) is 14.5. The van der Waals surface area contributed by atoms with Gasteiger partial charge in [0.25, 0.3) is 0 Å². The van der Waals surface area contributed by atoms with Crippen molar-refractivity contribution in [3.8, 4) is 0 Å². The largest absolute Gasteiger partial charge is 0.464 e. The van der Waals surface area contributed by atoms with Crippen molar-refractivity contribution in [3.63, 3.8) is 0 Å². The first-order chi connectivity index (χ1) is 15.5. The Kier molecular flexibility index (Phi) is 6.78. The van der Waals surface area contributed by atoms with Crippen molar-refractivity contribution in [1.82, 2.24) is 5.32 Å². The van der Waals surface area contributed by atoms with Crippen LogP contribution in [0.3, 0.4) is 0 Å².